The Labute approximate surface area is 281 Å². The molecule has 6 rings (SSSR count). The second-order valence-corrected chi connectivity index (χ2v) is 12.8. The number of halogens is 3. The first-order valence-electron chi connectivity index (χ1n) is 15.9. The zero-order valence-electron chi connectivity index (χ0n) is 27.7. The summed E-state index contributed by atoms with van der Waals surface area (Å²) in [6, 6.07) is 0.246. The molecule has 1 fully saturated rings. The van der Waals surface area contributed by atoms with Crippen LogP contribution < -0.4 is 29.6 Å². The number of nitrogens with one attached hydrogen (secondary N) is 2. The van der Waals surface area contributed by atoms with E-state index in [0.29, 0.717) is 52.5 Å². The van der Waals surface area contributed by atoms with E-state index in [1.54, 1.807) is 11.4 Å². The Balaban J connectivity index is 1.51. The van der Waals surface area contributed by atoms with Crippen LogP contribution in [0.4, 0.5) is 13.2 Å². The molecule has 4 aliphatic rings. The number of ether oxygens (including phenoxy) is 4. The van der Waals surface area contributed by atoms with Gasteiger partial charge >= 0.3 is 12.1 Å². The molecule has 262 valence electrons. The lowest BCUT2D eigenvalue weighted by Gasteiger charge is -2.60. The number of amides is 2. The molecular weight excluding hydrogens is 647 g/mol. The number of carbonyl (C=O) groups excluding carboxylic acids is 2. The van der Waals surface area contributed by atoms with Crippen molar-refractivity contribution in [2.24, 2.45) is 0 Å². The maximum Gasteiger partial charge on any atom is 0.471 e. The summed E-state index contributed by atoms with van der Waals surface area (Å²) in [5.74, 6) is -1.32. The molecule has 4 heterocycles. The van der Waals surface area contributed by atoms with Crippen molar-refractivity contribution in [2.45, 2.75) is 76.0 Å². The second-order valence-electron chi connectivity index (χ2n) is 12.8. The number of likely N-dealkylation sites (N-methyl/N-ethyl adjacent to an activating group) is 1. The Bertz CT molecular complexity index is 1760. The smallest absolute Gasteiger partial charge is 0.471 e. The van der Waals surface area contributed by atoms with Gasteiger partial charge in [0.2, 0.25) is 12.7 Å². The van der Waals surface area contributed by atoms with Crippen molar-refractivity contribution in [1.29, 1.82) is 5.26 Å². The van der Waals surface area contributed by atoms with Crippen molar-refractivity contribution in [1.82, 2.24) is 20.4 Å². The maximum absolute atomic E-state index is 13.2. The third-order valence-electron chi connectivity index (χ3n) is 10.1. The predicted octanol–water partition coefficient (Wildman–Crippen LogP) is 3.27. The van der Waals surface area contributed by atoms with E-state index in [1.165, 1.54) is 7.11 Å². The summed E-state index contributed by atoms with van der Waals surface area (Å²) >= 11 is 0. The Morgan fingerprint density at radius 3 is 2.57 bits per heavy atom. The van der Waals surface area contributed by atoms with E-state index in [9.17, 15) is 33.1 Å². The number of aromatic hydroxyl groups is 1. The van der Waals surface area contributed by atoms with E-state index in [2.05, 4.69) is 22.9 Å². The third kappa shape index (κ3) is 5.47. The lowest BCUT2D eigenvalue weighted by atomic mass is 9.71. The fourth-order valence-electron chi connectivity index (χ4n) is 8.06. The van der Waals surface area contributed by atoms with Crippen LogP contribution in [-0.4, -0.2) is 91.2 Å². The summed E-state index contributed by atoms with van der Waals surface area (Å²) in [5, 5.41) is 26.9. The molecule has 4 aliphatic heterocycles. The average molecular weight is 686 g/mol. The molecule has 0 aromatic heterocycles. The minimum atomic E-state index is -5.16. The first-order valence-corrected chi connectivity index (χ1v) is 15.9. The van der Waals surface area contributed by atoms with Crippen LogP contribution in [0.3, 0.4) is 0 Å². The number of hydrogen-bond acceptors (Lipinski definition) is 10. The van der Waals surface area contributed by atoms with Gasteiger partial charge in [-0.25, -0.2) is 0 Å². The second kappa shape index (κ2) is 12.6. The number of methoxy groups -OCH3 is 1. The van der Waals surface area contributed by atoms with Crippen LogP contribution in [0, 0.1) is 25.2 Å². The van der Waals surface area contributed by atoms with Gasteiger partial charge in [-0.05, 0) is 51.8 Å². The molecule has 2 amide bonds. The van der Waals surface area contributed by atoms with Gasteiger partial charge in [0.15, 0.2) is 23.0 Å². The SMILES string of the molecule is C=CCOc1c(C)c2c(c3c1CC1C4c5c(cc(C)c(OC)c5O)C[C@@H]([C@H](C#N)N1[C@H]3CNC(=O)[C@H](C)NC(=O)C(F)(F)F)N4C)OCO2. The number of carbonyl (C=O) groups is 2. The molecule has 0 saturated carbocycles. The topological polar surface area (TPSA) is 146 Å². The molecule has 2 bridgehead atoms. The largest absolute Gasteiger partial charge is 0.504 e. The summed E-state index contributed by atoms with van der Waals surface area (Å²) in [5.41, 5.74) is 4.39. The number of benzene rings is 2. The van der Waals surface area contributed by atoms with Crippen molar-refractivity contribution >= 4 is 11.8 Å². The number of phenols is 1. The molecule has 0 radical (unpaired) electrons. The fraction of sp³-hybridized carbons (Fsp3) is 0.500. The first-order chi connectivity index (χ1) is 23.2. The Morgan fingerprint density at radius 2 is 1.92 bits per heavy atom. The van der Waals surface area contributed by atoms with E-state index in [0.717, 1.165) is 23.6 Å². The zero-order valence-corrected chi connectivity index (χ0v) is 27.7. The molecule has 15 heteroatoms. The molecule has 12 nitrogen and oxygen atoms in total. The minimum Gasteiger partial charge on any atom is -0.504 e. The van der Waals surface area contributed by atoms with Crippen molar-refractivity contribution in [3.8, 4) is 34.8 Å². The molecule has 2 aromatic rings. The highest BCUT2D eigenvalue weighted by Gasteiger charge is 2.57. The van der Waals surface area contributed by atoms with Crippen LogP contribution in [-0.2, 0) is 22.4 Å². The average Bonchev–Trinajstić information content (AvgIpc) is 3.54. The number of nitriles is 1. The molecule has 2 unspecified atom stereocenters. The van der Waals surface area contributed by atoms with E-state index >= 15 is 0 Å². The summed E-state index contributed by atoms with van der Waals surface area (Å²) in [6.45, 7) is 8.57. The Hall–Kier alpha value is -4.68. The van der Waals surface area contributed by atoms with Gasteiger partial charge in [-0.2, -0.15) is 18.4 Å². The highest BCUT2D eigenvalue weighted by molar-refractivity contribution is 5.89. The number of alkyl halides is 3. The summed E-state index contributed by atoms with van der Waals surface area (Å²) < 4.78 is 62.6. The van der Waals surface area contributed by atoms with Gasteiger partial charge in [0.05, 0.1) is 25.3 Å². The molecule has 0 aliphatic carbocycles. The van der Waals surface area contributed by atoms with E-state index < -0.39 is 48.2 Å². The number of rotatable bonds is 8. The Kier molecular flexibility index (Phi) is 8.83. The molecule has 1 saturated heterocycles. The fourth-order valence-corrected chi connectivity index (χ4v) is 8.06. The maximum atomic E-state index is 13.2. The molecular formula is C34H38F3N5O7. The van der Waals surface area contributed by atoms with Crippen LogP contribution in [0.1, 0.15) is 52.4 Å². The van der Waals surface area contributed by atoms with Crippen LogP contribution in [0.5, 0.6) is 28.7 Å². The summed E-state index contributed by atoms with van der Waals surface area (Å²) in [6.07, 6.45) is -2.78. The lowest BCUT2D eigenvalue weighted by molar-refractivity contribution is -0.174. The van der Waals surface area contributed by atoms with Crippen LogP contribution in [0.15, 0.2) is 18.7 Å². The van der Waals surface area contributed by atoms with E-state index in [4.69, 9.17) is 18.9 Å². The number of aryl methyl sites for hydroxylation is 1. The number of piperazine rings is 1. The van der Waals surface area contributed by atoms with Crippen molar-refractivity contribution in [2.75, 3.05) is 34.1 Å². The molecule has 0 spiro atoms. The minimum absolute atomic E-state index is 0.0121. The van der Waals surface area contributed by atoms with Crippen molar-refractivity contribution in [3.05, 3.63) is 52.1 Å². The van der Waals surface area contributed by atoms with Gasteiger partial charge in [-0.15, -0.1) is 0 Å². The van der Waals surface area contributed by atoms with Gasteiger partial charge < -0.3 is 34.7 Å². The van der Waals surface area contributed by atoms with Gasteiger partial charge in [-0.1, -0.05) is 18.7 Å². The lowest BCUT2D eigenvalue weighted by Crippen LogP contribution is -2.69. The van der Waals surface area contributed by atoms with Gasteiger partial charge in [0.1, 0.15) is 24.4 Å². The first kappa shape index (κ1) is 34.2. The molecule has 49 heavy (non-hydrogen) atoms. The van der Waals surface area contributed by atoms with Crippen molar-refractivity contribution in [3.63, 3.8) is 0 Å². The van der Waals surface area contributed by atoms with E-state index in [-0.39, 0.29) is 31.7 Å². The highest BCUT2D eigenvalue weighted by Crippen LogP contribution is 2.58. The Morgan fingerprint density at radius 1 is 1.20 bits per heavy atom. The summed E-state index contributed by atoms with van der Waals surface area (Å²) in [7, 11) is 3.41. The third-order valence-corrected chi connectivity index (χ3v) is 10.1. The van der Waals surface area contributed by atoms with Crippen molar-refractivity contribution < 1.29 is 46.8 Å². The highest BCUT2D eigenvalue weighted by atomic mass is 19.4. The zero-order chi connectivity index (χ0) is 35.5. The normalized spacial score (nSPS) is 24.4. The quantitative estimate of drug-likeness (QED) is 0.354. The van der Waals surface area contributed by atoms with Gasteiger partial charge in [0, 0.05) is 40.9 Å². The predicted molar refractivity (Wildman–Crippen MR) is 169 cm³/mol. The molecule has 2 aromatic carbocycles. The molecule has 6 atom stereocenters. The molecule has 3 N–H and O–H groups in total. The van der Waals surface area contributed by atoms with Crippen LogP contribution in [0.25, 0.3) is 0 Å². The number of hydrogen-bond donors (Lipinski definition) is 3. The number of nitrogens with zero attached hydrogens (tertiary/aromatic N) is 3. The summed E-state index contributed by atoms with van der Waals surface area (Å²) in [4.78, 5) is 28.9. The van der Waals surface area contributed by atoms with Gasteiger partial charge in [0.25, 0.3) is 0 Å². The van der Waals surface area contributed by atoms with E-state index in [1.807, 2.05) is 31.9 Å². The van der Waals surface area contributed by atoms with Crippen LogP contribution in [0.2, 0.25) is 0 Å². The number of phenolic OH excluding ortho intramolecular Hbond substituents is 1. The standard InChI is InChI=1S/C34H38F3N5O7/c1-7-8-47-29-16(3)30-31(49-14-48-30)25-19(29)11-21-26-24-18(9-15(2)28(46-6)27(24)43)10-20(41(26)5)22(12-38)42(21)23(25)13-39-32(44)17(4)40-33(45)34(35,36)37/h7,9,17,20-23,26,43H,1,8,10-11,13-14H2,2-6H3,(H,39,44)(H,40,45)/t17-,20-,21?,22-,23-,26?/m0/s1. The van der Waals surface area contributed by atoms with Crippen LogP contribution >= 0.6 is 0 Å². The monoisotopic (exact) mass is 685 g/mol. The van der Waals surface area contributed by atoms with Gasteiger partial charge in [-0.3, -0.25) is 19.4 Å². The number of fused-ring (bicyclic) bond motifs is 9.